The number of hydrogen-bond acceptors (Lipinski definition) is 2. The number of halogens is 1. The molecule has 3 N–H and O–H groups in total. The standard InChI is InChI=1S/C9H17BrN2O/c1-4-6(2)8(11)9(13)12-5-7(3)10/h6,8H,3-5,11H2,1-2H3,(H,12,13). The number of amides is 1. The molecule has 0 spiro atoms. The highest BCUT2D eigenvalue weighted by Crippen LogP contribution is 2.05. The summed E-state index contributed by atoms with van der Waals surface area (Å²) in [6, 6.07) is -0.420. The zero-order chi connectivity index (χ0) is 10.4. The highest BCUT2D eigenvalue weighted by Gasteiger charge is 2.18. The van der Waals surface area contributed by atoms with Gasteiger partial charge in [-0.05, 0) is 5.92 Å². The Bertz CT molecular complexity index is 194. The third kappa shape index (κ3) is 5.05. The van der Waals surface area contributed by atoms with Crippen LogP contribution < -0.4 is 11.1 Å². The summed E-state index contributed by atoms with van der Waals surface area (Å²) in [6.07, 6.45) is 0.907. The van der Waals surface area contributed by atoms with E-state index in [2.05, 4.69) is 27.8 Å². The zero-order valence-electron chi connectivity index (χ0n) is 8.14. The Morgan fingerprint density at radius 3 is 2.62 bits per heavy atom. The van der Waals surface area contributed by atoms with E-state index in [0.29, 0.717) is 6.54 Å². The summed E-state index contributed by atoms with van der Waals surface area (Å²) in [7, 11) is 0. The van der Waals surface area contributed by atoms with Crippen molar-refractivity contribution in [1.29, 1.82) is 0 Å². The lowest BCUT2D eigenvalue weighted by Crippen LogP contribution is -2.44. The molecule has 1 amide bonds. The minimum Gasteiger partial charge on any atom is -0.350 e. The van der Waals surface area contributed by atoms with Gasteiger partial charge in [-0.1, -0.05) is 42.8 Å². The molecule has 0 aromatic rings. The monoisotopic (exact) mass is 248 g/mol. The van der Waals surface area contributed by atoms with Crippen molar-refractivity contribution >= 4 is 21.8 Å². The third-order valence-electron chi connectivity index (χ3n) is 2.01. The molecule has 0 aromatic carbocycles. The molecule has 0 heterocycles. The van der Waals surface area contributed by atoms with Crippen molar-refractivity contribution in [1.82, 2.24) is 5.32 Å². The summed E-state index contributed by atoms with van der Waals surface area (Å²) in [4.78, 5) is 11.3. The Hall–Kier alpha value is -0.350. The molecule has 13 heavy (non-hydrogen) atoms. The first kappa shape index (κ1) is 12.7. The normalized spacial score (nSPS) is 14.8. The first-order valence-electron chi connectivity index (χ1n) is 4.35. The number of nitrogens with two attached hydrogens (primary N) is 1. The van der Waals surface area contributed by atoms with Crippen molar-refractivity contribution in [3.8, 4) is 0 Å². The van der Waals surface area contributed by atoms with E-state index in [-0.39, 0.29) is 11.8 Å². The topological polar surface area (TPSA) is 55.1 Å². The van der Waals surface area contributed by atoms with Crippen LogP contribution in [0.4, 0.5) is 0 Å². The summed E-state index contributed by atoms with van der Waals surface area (Å²) in [5.74, 6) is 0.0959. The van der Waals surface area contributed by atoms with Gasteiger partial charge in [-0.2, -0.15) is 0 Å². The molecule has 0 bridgehead atoms. The number of nitrogens with one attached hydrogen (secondary N) is 1. The van der Waals surface area contributed by atoms with Crippen LogP contribution in [0.2, 0.25) is 0 Å². The average molecular weight is 249 g/mol. The van der Waals surface area contributed by atoms with Gasteiger partial charge in [0.25, 0.3) is 0 Å². The summed E-state index contributed by atoms with van der Waals surface area (Å²) < 4.78 is 0.747. The van der Waals surface area contributed by atoms with E-state index < -0.39 is 6.04 Å². The fraction of sp³-hybridized carbons (Fsp3) is 0.667. The lowest BCUT2D eigenvalue weighted by Gasteiger charge is -2.17. The highest BCUT2D eigenvalue weighted by molar-refractivity contribution is 9.11. The Balaban J connectivity index is 3.89. The molecule has 2 unspecified atom stereocenters. The van der Waals surface area contributed by atoms with Gasteiger partial charge in [0, 0.05) is 11.0 Å². The Labute approximate surface area is 87.9 Å². The fourth-order valence-electron chi connectivity index (χ4n) is 0.813. The van der Waals surface area contributed by atoms with Crippen molar-refractivity contribution in [2.75, 3.05) is 6.54 Å². The van der Waals surface area contributed by atoms with Crippen molar-refractivity contribution in [2.45, 2.75) is 26.3 Å². The lowest BCUT2D eigenvalue weighted by molar-refractivity contribution is -0.123. The minimum atomic E-state index is -0.420. The molecule has 0 fully saturated rings. The lowest BCUT2D eigenvalue weighted by atomic mass is 9.99. The molecule has 76 valence electrons. The van der Waals surface area contributed by atoms with Gasteiger partial charge < -0.3 is 11.1 Å². The van der Waals surface area contributed by atoms with E-state index in [1.165, 1.54) is 0 Å². The van der Waals surface area contributed by atoms with Crippen LogP contribution in [0.1, 0.15) is 20.3 Å². The number of carbonyl (C=O) groups is 1. The second kappa shape index (κ2) is 6.16. The molecule has 0 saturated carbocycles. The Morgan fingerprint density at radius 1 is 1.69 bits per heavy atom. The summed E-state index contributed by atoms with van der Waals surface area (Å²) in [6.45, 7) is 8.03. The average Bonchev–Trinajstić information content (AvgIpc) is 2.11. The molecule has 3 nitrogen and oxygen atoms in total. The van der Waals surface area contributed by atoms with Crippen LogP contribution in [-0.4, -0.2) is 18.5 Å². The Kier molecular flexibility index (Phi) is 5.99. The van der Waals surface area contributed by atoms with Crippen LogP contribution in [0.25, 0.3) is 0 Å². The van der Waals surface area contributed by atoms with Gasteiger partial charge in [-0.25, -0.2) is 0 Å². The van der Waals surface area contributed by atoms with Gasteiger partial charge >= 0.3 is 0 Å². The molecule has 0 aromatic heterocycles. The van der Waals surface area contributed by atoms with E-state index in [1.807, 2.05) is 13.8 Å². The van der Waals surface area contributed by atoms with Crippen molar-refractivity contribution in [3.05, 3.63) is 11.1 Å². The zero-order valence-corrected chi connectivity index (χ0v) is 9.73. The molecular formula is C9H17BrN2O. The van der Waals surface area contributed by atoms with Gasteiger partial charge in [-0.15, -0.1) is 0 Å². The third-order valence-corrected chi connectivity index (χ3v) is 2.29. The van der Waals surface area contributed by atoms with Crippen molar-refractivity contribution in [3.63, 3.8) is 0 Å². The molecule has 0 radical (unpaired) electrons. The van der Waals surface area contributed by atoms with Crippen LogP contribution in [-0.2, 0) is 4.79 Å². The summed E-state index contributed by atoms with van der Waals surface area (Å²) in [5, 5.41) is 2.69. The van der Waals surface area contributed by atoms with Crippen LogP contribution in [0.3, 0.4) is 0 Å². The maximum Gasteiger partial charge on any atom is 0.237 e. The maximum atomic E-state index is 11.3. The smallest absolute Gasteiger partial charge is 0.237 e. The maximum absolute atomic E-state index is 11.3. The predicted molar refractivity (Wildman–Crippen MR) is 58.5 cm³/mol. The highest BCUT2D eigenvalue weighted by atomic mass is 79.9. The molecule has 2 atom stereocenters. The number of carbonyl (C=O) groups excluding carboxylic acids is 1. The predicted octanol–water partition coefficient (Wildman–Crippen LogP) is 1.38. The number of hydrogen-bond donors (Lipinski definition) is 2. The molecule has 0 aliphatic heterocycles. The van der Waals surface area contributed by atoms with E-state index in [1.54, 1.807) is 0 Å². The first-order chi connectivity index (χ1) is 5.99. The summed E-state index contributed by atoms with van der Waals surface area (Å²) >= 11 is 3.16. The molecule has 0 aliphatic rings. The van der Waals surface area contributed by atoms with Gasteiger partial charge in [0.2, 0.25) is 5.91 Å². The van der Waals surface area contributed by atoms with Gasteiger partial charge in [0.1, 0.15) is 0 Å². The van der Waals surface area contributed by atoms with E-state index in [0.717, 1.165) is 10.9 Å². The van der Waals surface area contributed by atoms with E-state index in [9.17, 15) is 4.79 Å². The van der Waals surface area contributed by atoms with Crippen LogP contribution in [0, 0.1) is 5.92 Å². The van der Waals surface area contributed by atoms with Crippen molar-refractivity contribution in [2.24, 2.45) is 11.7 Å². The summed E-state index contributed by atoms with van der Waals surface area (Å²) in [5.41, 5.74) is 5.70. The first-order valence-corrected chi connectivity index (χ1v) is 5.14. The molecule has 4 heteroatoms. The van der Waals surface area contributed by atoms with Gasteiger partial charge in [0.05, 0.1) is 6.04 Å². The largest absolute Gasteiger partial charge is 0.350 e. The molecule has 0 rings (SSSR count). The van der Waals surface area contributed by atoms with E-state index in [4.69, 9.17) is 5.73 Å². The van der Waals surface area contributed by atoms with Crippen LogP contribution in [0.5, 0.6) is 0 Å². The molecular weight excluding hydrogens is 232 g/mol. The quantitative estimate of drug-likeness (QED) is 0.773. The van der Waals surface area contributed by atoms with Crippen molar-refractivity contribution < 1.29 is 4.79 Å². The molecule has 0 aliphatic carbocycles. The van der Waals surface area contributed by atoms with Crippen LogP contribution >= 0.6 is 15.9 Å². The number of rotatable bonds is 5. The second-order valence-corrected chi connectivity index (χ2v) is 4.27. The minimum absolute atomic E-state index is 0.116. The fourth-order valence-corrected chi connectivity index (χ4v) is 0.953. The molecule has 0 saturated heterocycles. The van der Waals surface area contributed by atoms with Gasteiger partial charge in [0.15, 0.2) is 0 Å². The van der Waals surface area contributed by atoms with Gasteiger partial charge in [-0.3, -0.25) is 4.79 Å². The van der Waals surface area contributed by atoms with Crippen LogP contribution in [0.15, 0.2) is 11.1 Å². The Morgan fingerprint density at radius 2 is 2.23 bits per heavy atom. The second-order valence-electron chi connectivity index (χ2n) is 3.15. The SMILES string of the molecule is C=C(Br)CNC(=O)C(N)C(C)CC. The van der Waals surface area contributed by atoms with E-state index >= 15 is 0 Å².